The van der Waals surface area contributed by atoms with Gasteiger partial charge in [-0.1, -0.05) is 27.7 Å². The zero-order valence-corrected chi connectivity index (χ0v) is 20.2. The molecule has 9 unspecified atom stereocenters. The predicted molar refractivity (Wildman–Crippen MR) is 116 cm³/mol. The van der Waals surface area contributed by atoms with Gasteiger partial charge in [-0.2, -0.15) is 0 Å². The summed E-state index contributed by atoms with van der Waals surface area (Å²) >= 11 is 0. The molecular weight excluding hydrogens is 386 g/mol. The van der Waals surface area contributed by atoms with Crippen LogP contribution in [0.4, 0.5) is 0 Å². The van der Waals surface area contributed by atoms with E-state index in [2.05, 4.69) is 0 Å². The normalized spacial score (nSPS) is 46.1. The Balaban J connectivity index is 3.38. The Hall–Kier alpha value is -1.02. The fraction of sp³-hybridized carbons (Fsp3) is 0.913. The van der Waals surface area contributed by atoms with Gasteiger partial charge in [0.05, 0.1) is 5.60 Å². The summed E-state index contributed by atoms with van der Waals surface area (Å²) in [7, 11) is 1.86. The van der Waals surface area contributed by atoms with E-state index < -0.39 is 47.3 Å². The highest BCUT2D eigenvalue weighted by molar-refractivity contribution is 5.99. The molecule has 0 aliphatic carbocycles. The van der Waals surface area contributed by atoms with E-state index in [4.69, 9.17) is 4.74 Å². The average Bonchev–Trinajstić information content (AvgIpc) is 2.66. The SMILES string of the molecule is CCC1OC(=O)C(C)C(=O)C(C)C(C)C(C)(O)CC(C)CN(C)C(C)C(O)C1(C)O. The number of ether oxygens (including phenoxy) is 1. The van der Waals surface area contributed by atoms with Gasteiger partial charge in [-0.05, 0) is 59.4 Å². The van der Waals surface area contributed by atoms with Crippen molar-refractivity contribution in [1.29, 1.82) is 0 Å². The van der Waals surface area contributed by atoms with Gasteiger partial charge in [0.2, 0.25) is 0 Å². The van der Waals surface area contributed by atoms with Crippen molar-refractivity contribution in [1.82, 2.24) is 4.90 Å². The van der Waals surface area contributed by atoms with Gasteiger partial charge >= 0.3 is 5.97 Å². The van der Waals surface area contributed by atoms with Crippen molar-refractivity contribution in [2.24, 2.45) is 23.7 Å². The fourth-order valence-electron chi connectivity index (χ4n) is 4.69. The van der Waals surface area contributed by atoms with Crippen LogP contribution in [-0.2, 0) is 14.3 Å². The molecule has 0 amide bonds. The summed E-state index contributed by atoms with van der Waals surface area (Å²) < 4.78 is 5.53. The zero-order chi connectivity index (χ0) is 23.6. The van der Waals surface area contributed by atoms with Crippen LogP contribution in [0, 0.1) is 23.7 Å². The molecule has 1 heterocycles. The van der Waals surface area contributed by atoms with E-state index in [-0.39, 0.29) is 17.6 Å². The van der Waals surface area contributed by atoms with Crippen LogP contribution >= 0.6 is 0 Å². The Morgan fingerprint density at radius 2 is 1.63 bits per heavy atom. The topological polar surface area (TPSA) is 107 Å². The van der Waals surface area contributed by atoms with Crippen LogP contribution in [0.3, 0.4) is 0 Å². The molecule has 176 valence electrons. The van der Waals surface area contributed by atoms with E-state index in [1.54, 1.807) is 20.8 Å². The third-order valence-electron chi connectivity index (χ3n) is 7.35. The van der Waals surface area contributed by atoms with Crippen molar-refractivity contribution in [3.63, 3.8) is 0 Å². The third kappa shape index (κ3) is 5.81. The number of carbonyl (C=O) groups excluding carboxylic acids is 2. The number of esters is 1. The van der Waals surface area contributed by atoms with Gasteiger partial charge < -0.3 is 25.0 Å². The molecule has 0 aromatic heterocycles. The molecule has 1 rings (SSSR count). The number of carbonyl (C=O) groups is 2. The van der Waals surface area contributed by atoms with Crippen LogP contribution in [-0.4, -0.2) is 75.0 Å². The Morgan fingerprint density at radius 3 is 2.13 bits per heavy atom. The van der Waals surface area contributed by atoms with E-state index in [9.17, 15) is 24.9 Å². The molecule has 0 radical (unpaired) electrons. The predicted octanol–water partition coefficient (Wildman–Crippen LogP) is 2.01. The lowest BCUT2D eigenvalue weighted by atomic mass is 9.73. The number of cyclic esters (lactones) is 1. The van der Waals surface area contributed by atoms with Gasteiger partial charge in [-0.15, -0.1) is 0 Å². The van der Waals surface area contributed by atoms with E-state index >= 15 is 0 Å². The van der Waals surface area contributed by atoms with Crippen LogP contribution in [0.1, 0.15) is 68.2 Å². The number of hydrogen-bond donors (Lipinski definition) is 3. The molecule has 0 bridgehead atoms. The smallest absolute Gasteiger partial charge is 0.316 e. The highest BCUT2D eigenvalue weighted by Crippen LogP contribution is 2.34. The first-order valence-electron chi connectivity index (χ1n) is 11.1. The fourth-order valence-corrected chi connectivity index (χ4v) is 4.69. The molecule has 0 spiro atoms. The first-order chi connectivity index (χ1) is 13.6. The monoisotopic (exact) mass is 429 g/mol. The van der Waals surface area contributed by atoms with Crippen LogP contribution in [0.15, 0.2) is 0 Å². The molecule has 1 saturated heterocycles. The molecule has 7 nitrogen and oxygen atoms in total. The molecule has 0 aromatic carbocycles. The molecular formula is C23H43NO6. The first kappa shape index (κ1) is 27.0. The van der Waals surface area contributed by atoms with Crippen LogP contribution in [0.2, 0.25) is 0 Å². The summed E-state index contributed by atoms with van der Waals surface area (Å²) in [6.45, 7) is 14.4. The van der Waals surface area contributed by atoms with E-state index in [1.165, 1.54) is 13.8 Å². The van der Waals surface area contributed by atoms with Gasteiger partial charge in [0.25, 0.3) is 0 Å². The van der Waals surface area contributed by atoms with Gasteiger partial charge in [-0.3, -0.25) is 9.59 Å². The number of aliphatic hydroxyl groups is 3. The second kappa shape index (κ2) is 10.1. The number of Topliss-reactive ketones (excluding diaryl/α,β-unsaturated/α-hetero) is 1. The van der Waals surface area contributed by atoms with Crippen molar-refractivity contribution >= 4 is 11.8 Å². The molecule has 0 aromatic rings. The van der Waals surface area contributed by atoms with Gasteiger partial charge in [0, 0.05) is 18.5 Å². The average molecular weight is 430 g/mol. The quantitative estimate of drug-likeness (QED) is 0.432. The molecule has 1 fully saturated rings. The number of nitrogens with zero attached hydrogens (tertiary/aromatic N) is 1. The standard InChI is InChI=1S/C23H43NO6/c1-10-18-23(8,29)20(26)17(6)24(9)12-13(2)11-22(7,28)16(5)14(3)19(25)15(4)21(27)30-18/h13-18,20,26,28-29H,10-12H2,1-9H3. The number of hydrogen-bond acceptors (Lipinski definition) is 7. The Kier molecular flexibility index (Phi) is 9.07. The van der Waals surface area contributed by atoms with Crippen molar-refractivity contribution in [2.75, 3.05) is 13.6 Å². The van der Waals surface area contributed by atoms with Gasteiger partial charge in [-0.25, -0.2) is 0 Å². The number of aliphatic hydroxyl groups excluding tert-OH is 1. The largest absolute Gasteiger partial charge is 0.459 e. The summed E-state index contributed by atoms with van der Waals surface area (Å²) in [6.07, 6.45) is -1.37. The van der Waals surface area contributed by atoms with Crippen molar-refractivity contribution < 1.29 is 29.6 Å². The molecule has 1 aliphatic heterocycles. The Morgan fingerprint density at radius 1 is 1.10 bits per heavy atom. The summed E-state index contributed by atoms with van der Waals surface area (Å²) in [5, 5.41) is 33.1. The lowest BCUT2D eigenvalue weighted by molar-refractivity contribution is -0.189. The Bertz CT molecular complexity index is 605. The lowest BCUT2D eigenvalue weighted by Gasteiger charge is -2.42. The minimum atomic E-state index is -1.69. The molecule has 9 atom stereocenters. The first-order valence-corrected chi connectivity index (χ1v) is 11.1. The number of rotatable bonds is 1. The van der Waals surface area contributed by atoms with Crippen LogP contribution < -0.4 is 0 Å². The maximum atomic E-state index is 13.0. The van der Waals surface area contributed by atoms with E-state index in [0.717, 1.165) is 0 Å². The van der Waals surface area contributed by atoms with E-state index in [0.29, 0.717) is 19.4 Å². The highest BCUT2D eigenvalue weighted by Gasteiger charge is 2.46. The summed E-state index contributed by atoms with van der Waals surface area (Å²) in [5.41, 5.74) is -2.78. The summed E-state index contributed by atoms with van der Waals surface area (Å²) in [5.74, 6) is -2.85. The van der Waals surface area contributed by atoms with Crippen LogP contribution in [0.25, 0.3) is 0 Å². The number of likely N-dealkylation sites (N-methyl/N-ethyl adjacent to an activating group) is 1. The zero-order valence-electron chi connectivity index (χ0n) is 20.2. The highest BCUT2D eigenvalue weighted by atomic mass is 16.6. The second-order valence-corrected chi connectivity index (χ2v) is 10.1. The summed E-state index contributed by atoms with van der Waals surface area (Å²) in [4.78, 5) is 27.6. The molecule has 3 N–H and O–H groups in total. The maximum Gasteiger partial charge on any atom is 0.316 e. The minimum absolute atomic E-state index is 0.0803. The van der Waals surface area contributed by atoms with Crippen molar-refractivity contribution in [3.8, 4) is 0 Å². The summed E-state index contributed by atoms with van der Waals surface area (Å²) in [6, 6.07) is -0.416. The number of ketones is 1. The molecule has 0 saturated carbocycles. The van der Waals surface area contributed by atoms with Gasteiger partial charge in [0.15, 0.2) is 0 Å². The van der Waals surface area contributed by atoms with Crippen molar-refractivity contribution in [3.05, 3.63) is 0 Å². The molecule has 30 heavy (non-hydrogen) atoms. The van der Waals surface area contributed by atoms with Crippen LogP contribution in [0.5, 0.6) is 0 Å². The molecule has 1 aliphatic rings. The third-order valence-corrected chi connectivity index (χ3v) is 7.35. The second-order valence-electron chi connectivity index (χ2n) is 10.1. The van der Waals surface area contributed by atoms with Crippen molar-refractivity contribution in [2.45, 2.75) is 97.7 Å². The van der Waals surface area contributed by atoms with E-state index in [1.807, 2.05) is 32.7 Å². The molecule has 7 heteroatoms. The lowest BCUT2D eigenvalue weighted by Crippen LogP contribution is -2.59. The Labute approximate surface area is 181 Å². The van der Waals surface area contributed by atoms with Gasteiger partial charge in [0.1, 0.15) is 29.5 Å². The minimum Gasteiger partial charge on any atom is -0.459 e. The maximum absolute atomic E-state index is 13.0.